The number of hydrogen-bond acceptors (Lipinski definition) is 1. The Balaban J connectivity index is 1.77. The molecule has 0 bridgehead atoms. The molecule has 0 aromatic rings. The van der Waals surface area contributed by atoms with Crippen LogP contribution in [0.1, 0.15) is 57.8 Å². The standard InChI is InChI=1S/C13H24O/c1-2-3-4-5-6-7-8-9-13(14)12-10-11-12/h2,12-14H,1,3-11H2. The SMILES string of the molecule is C=CCCCCCCCC(O)C1CC1. The van der Waals surface area contributed by atoms with Crippen molar-refractivity contribution in [2.45, 2.75) is 63.9 Å². The number of allylic oxidation sites excluding steroid dienone is 1. The number of hydrogen-bond donors (Lipinski definition) is 1. The van der Waals surface area contributed by atoms with Gasteiger partial charge in [0, 0.05) is 0 Å². The molecule has 0 amide bonds. The van der Waals surface area contributed by atoms with Gasteiger partial charge in [0.2, 0.25) is 0 Å². The quantitative estimate of drug-likeness (QED) is 0.440. The summed E-state index contributed by atoms with van der Waals surface area (Å²) in [4.78, 5) is 0. The molecule has 82 valence electrons. The Bertz CT molecular complexity index is 149. The zero-order valence-electron chi connectivity index (χ0n) is 9.25. The van der Waals surface area contributed by atoms with Gasteiger partial charge in [-0.15, -0.1) is 6.58 Å². The molecule has 1 aliphatic carbocycles. The van der Waals surface area contributed by atoms with Crippen LogP contribution in [0.15, 0.2) is 12.7 Å². The molecule has 1 aliphatic rings. The molecule has 0 spiro atoms. The molecule has 1 rings (SSSR count). The molecule has 1 heteroatoms. The van der Waals surface area contributed by atoms with Crippen molar-refractivity contribution in [2.24, 2.45) is 5.92 Å². The highest BCUT2D eigenvalue weighted by molar-refractivity contribution is 4.80. The summed E-state index contributed by atoms with van der Waals surface area (Å²) in [5.74, 6) is 0.663. The molecular formula is C13H24O. The van der Waals surface area contributed by atoms with Gasteiger partial charge in [-0.1, -0.05) is 31.8 Å². The molecule has 1 nitrogen and oxygen atoms in total. The molecule has 1 atom stereocenters. The van der Waals surface area contributed by atoms with E-state index in [1.165, 1.54) is 44.9 Å². The molecule has 0 aromatic heterocycles. The van der Waals surface area contributed by atoms with Crippen LogP contribution in [0.3, 0.4) is 0 Å². The molecule has 1 unspecified atom stereocenters. The molecule has 0 saturated heterocycles. The van der Waals surface area contributed by atoms with Gasteiger partial charge in [0.05, 0.1) is 6.10 Å². The third kappa shape index (κ3) is 5.43. The van der Waals surface area contributed by atoms with Crippen LogP contribution >= 0.6 is 0 Å². The Morgan fingerprint density at radius 2 is 1.79 bits per heavy atom. The van der Waals surface area contributed by atoms with Crippen LogP contribution in [-0.4, -0.2) is 11.2 Å². The maximum atomic E-state index is 9.62. The molecule has 0 aliphatic heterocycles. The Labute approximate surface area is 88.2 Å². The smallest absolute Gasteiger partial charge is 0.0568 e. The van der Waals surface area contributed by atoms with Crippen molar-refractivity contribution in [2.75, 3.05) is 0 Å². The summed E-state index contributed by atoms with van der Waals surface area (Å²) in [5.41, 5.74) is 0. The molecule has 0 radical (unpaired) electrons. The summed E-state index contributed by atoms with van der Waals surface area (Å²) in [7, 11) is 0. The van der Waals surface area contributed by atoms with Crippen molar-refractivity contribution in [3.05, 3.63) is 12.7 Å². The van der Waals surface area contributed by atoms with Crippen LogP contribution in [0.2, 0.25) is 0 Å². The van der Waals surface area contributed by atoms with E-state index in [0.29, 0.717) is 5.92 Å². The first-order valence-corrected chi connectivity index (χ1v) is 6.13. The van der Waals surface area contributed by atoms with Crippen molar-refractivity contribution in [1.82, 2.24) is 0 Å². The van der Waals surface area contributed by atoms with Crippen molar-refractivity contribution >= 4 is 0 Å². The maximum Gasteiger partial charge on any atom is 0.0568 e. The highest BCUT2D eigenvalue weighted by Gasteiger charge is 2.28. The number of aliphatic hydroxyl groups is 1. The zero-order chi connectivity index (χ0) is 10.2. The largest absolute Gasteiger partial charge is 0.393 e. The van der Waals surface area contributed by atoms with Crippen LogP contribution in [0.25, 0.3) is 0 Å². The van der Waals surface area contributed by atoms with Crippen LogP contribution in [0.5, 0.6) is 0 Å². The minimum Gasteiger partial charge on any atom is -0.393 e. The van der Waals surface area contributed by atoms with Crippen molar-refractivity contribution in [1.29, 1.82) is 0 Å². The van der Waals surface area contributed by atoms with Gasteiger partial charge in [0.25, 0.3) is 0 Å². The predicted octanol–water partition coefficient (Wildman–Crippen LogP) is 3.67. The normalized spacial score (nSPS) is 18.1. The van der Waals surface area contributed by atoms with Gasteiger partial charge in [0.15, 0.2) is 0 Å². The van der Waals surface area contributed by atoms with E-state index in [2.05, 4.69) is 6.58 Å². The second-order valence-corrected chi connectivity index (χ2v) is 4.54. The van der Waals surface area contributed by atoms with Gasteiger partial charge >= 0.3 is 0 Å². The lowest BCUT2D eigenvalue weighted by Crippen LogP contribution is -2.08. The lowest BCUT2D eigenvalue weighted by molar-refractivity contribution is 0.138. The van der Waals surface area contributed by atoms with E-state index >= 15 is 0 Å². The first-order chi connectivity index (χ1) is 6.84. The van der Waals surface area contributed by atoms with Crippen molar-refractivity contribution in [3.63, 3.8) is 0 Å². The molecule has 1 saturated carbocycles. The van der Waals surface area contributed by atoms with Crippen molar-refractivity contribution < 1.29 is 5.11 Å². The molecular weight excluding hydrogens is 172 g/mol. The predicted molar refractivity (Wildman–Crippen MR) is 61.2 cm³/mol. The fraction of sp³-hybridized carbons (Fsp3) is 0.846. The van der Waals surface area contributed by atoms with Crippen LogP contribution in [-0.2, 0) is 0 Å². The summed E-state index contributed by atoms with van der Waals surface area (Å²) in [5, 5.41) is 9.62. The average molecular weight is 196 g/mol. The summed E-state index contributed by atoms with van der Waals surface area (Å²) in [6.45, 7) is 3.71. The number of aliphatic hydroxyl groups excluding tert-OH is 1. The van der Waals surface area contributed by atoms with Gasteiger partial charge in [0.1, 0.15) is 0 Å². The fourth-order valence-electron chi connectivity index (χ4n) is 1.89. The Morgan fingerprint density at radius 3 is 2.43 bits per heavy atom. The Kier molecular flexibility index (Phi) is 5.93. The maximum absolute atomic E-state index is 9.62. The third-order valence-electron chi connectivity index (χ3n) is 3.07. The van der Waals surface area contributed by atoms with Crippen LogP contribution in [0.4, 0.5) is 0 Å². The molecule has 1 N–H and O–H groups in total. The first kappa shape index (κ1) is 11.8. The summed E-state index contributed by atoms with van der Waals surface area (Å²) < 4.78 is 0. The Hall–Kier alpha value is -0.300. The summed E-state index contributed by atoms with van der Waals surface area (Å²) in [6.07, 6.45) is 13.2. The number of rotatable bonds is 9. The van der Waals surface area contributed by atoms with Gasteiger partial charge in [-0.3, -0.25) is 0 Å². The van der Waals surface area contributed by atoms with E-state index in [4.69, 9.17) is 0 Å². The van der Waals surface area contributed by atoms with Crippen LogP contribution < -0.4 is 0 Å². The average Bonchev–Trinajstić information content (AvgIpc) is 2.99. The van der Waals surface area contributed by atoms with Gasteiger partial charge in [-0.25, -0.2) is 0 Å². The second kappa shape index (κ2) is 7.05. The van der Waals surface area contributed by atoms with E-state index < -0.39 is 0 Å². The third-order valence-corrected chi connectivity index (χ3v) is 3.07. The monoisotopic (exact) mass is 196 g/mol. The topological polar surface area (TPSA) is 20.2 Å². The Morgan fingerprint density at radius 1 is 1.14 bits per heavy atom. The lowest BCUT2D eigenvalue weighted by atomic mass is 10.0. The molecule has 14 heavy (non-hydrogen) atoms. The zero-order valence-corrected chi connectivity index (χ0v) is 9.25. The highest BCUT2D eigenvalue weighted by atomic mass is 16.3. The van der Waals surface area contributed by atoms with E-state index in [1.54, 1.807) is 0 Å². The second-order valence-electron chi connectivity index (χ2n) is 4.54. The van der Waals surface area contributed by atoms with E-state index in [0.717, 1.165) is 12.8 Å². The fourth-order valence-corrected chi connectivity index (χ4v) is 1.89. The van der Waals surface area contributed by atoms with Gasteiger partial charge in [-0.05, 0) is 38.0 Å². The van der Waals surface area contributed by atoms with Gasteiger partial charge < -0.3 is 5.11 Å². The summed E-state index contributed by atoms with van der Waals surface area (Å²) >= 11 is 0. The summed E-state index contributed by atoms with van der Waals surface area (Å²) in [6, 6.07) is 0. The van der Waals surface area contributed by atoms with Gasteiger partial charge in [-0.2, -0.15) is 0 Å². The lowest BCUT2D eigenvalue weighted by Gasteiger charge is -2.07. The molecule has 1 fully saturated rings. The molecule has 0 aromatic carbocycles. The van der Waals surface area contributed by atoms with E-state index in [1.807, 2.05) is 6.08 Å². The first-order valence-electron chi connectivity index (χ1n) is 6.13. The minimum atomic E-state index is 0.0168. The van der Waals surface area contributed by atoms with E-state index in [-0.39, 0.29) is 6.10 Å². The van der Waals surface area contributed by atoms with Crippen LogP contribution in [0, 0.1) is 5.92 Å². The minimum absolute atomic E-state index is 0.0168. The highest BCUT2D eigenvalue weighted by Crippen LogP contribution is 2.34. The number of unbranched alkanes of at least 4 members (excludes halogenated alkanes) is 5. The van der Waals surface area contributed by atoms with Crippen molar-refractivity contribution in [3.8, 4) is 0 Å². The van der Waals surface area contributed by atoms with E-state index in [9.17, 15) is 5.11 Å². The molecule has 0 heterocycles.